The predicted molar refractivity (Wildman–Crippen MR) is 48.2 cm³/mol. The summed E-state index contributed by atoms with van der Waals surface area (Å²) in [6.07, 6.45) is 6.36. The average molecular weight is 186 g/mol. The summed E-state index contributed by atoms with van der Waals surface area (Å²) in [5, 5.41) is 7.51. The normalized spacial score (nSPS) is 10.6. The Balaban J connectivity index is 2.16. The molecule has 0 bridgehead atoms. The molecule has 2 aromatic rings. The molecule has 14 heavy (non-hydrogen) atoms. The van der Waals surface area contributed by atoms with E-state index >= 15 is 0 Å². The summed E-state index contributed by atoms with van der Waals surface area (Å²) >= 11 is 0. The molecule has 2 heterocycles. The zero-order valence-corrected chi connectivity index (χ0v) is 7.15. The van der Waals surface area contributed by atoms with Crippen LogP contribution in [0.1, 0.15) is 0 Å². The van der Waals surface area contributed by atoms with Crippen LogP contribution in [0, 0.1) is 0 Å². The van der Waals surface area contributed by atoms with Crippen molar-refractivity contribution in [1.82, 2.24) is 19.9 Å². The molecule has 6 nitrogen and oxygen atoms in total. The molecule has 0 aliphatic rings. The Hall–Kier alpha value is -2.24. The lowest BCUT2D eigenvalue weighted by Gasteiger charge is -1.88. The van der Waals surface area contributed by atoms with E-state index < -0.39 is 0 Å². The van der Waals surface area contributed by atoms with Crippen LogP contribution in [0.2, 0.25) is 0 Å². The summed E-state index contributed by atoms with van der Waals surface area (Å²) in [6.45, 7) is 0. The maximum atomic E-state index is 3.87. The molecular weight excluding hydrogens is 180 g/mol. The molecule has 0 saturated carbocycles. The minimum Gasteiger partial charge on any atom is -0.218 e. The van der Waals surface area contributed by atoms with Crippen molar-refractivity contribution in [3.8, 4) is 0 Å². The molecule has 0 radical (unpaired) electrons. The minimum absolute atomic E-state index is 0.292. The summed E-state index contributed by atoms with van der Waals surface area (Å²) in [5.74, 6) is 0.583. The first-order valence-corrected chi connectivity index (χ1v) is 3.91. The van der Waals surface area contributed by atoms with Gasteiger partial charge in [-0.3, -0.25) is 0 Å². The highest BCUT2D eigenvalue weighted by atomic mass is 15.2. The smallest absolute Gasteiger partial charge is 0.218 e. The van der Waals surface area contributed by atoms with Gasteiger partial charge in [-0.05, 0) is 12.1 Å². The molecule has 2 rings (SSSR count). The van der Waals surface area contributed by atoms with Crippen molar-refractivity contribution in [2.45, 2.75) is 0 Å². The van der Waals surface area contributed by atoms with Crippen molar-refractivity contribution < 1.29 is 0 Å². The lowest BCUT2D eigenvalue weighted by Crippen LogP contribution is -1.78. The number of azo groups is 1. The van der Waals surface area contributed by atoms with Crippen LogP contribution in [0.3, 0.4) is 0 Å². The van der Waals surface area contributed by atoms with Crippen LogP contribution in [-0.4, -0.2) is 19.9 Å². The van der Waals surface area contributed by atoms with Gasteiger partial charge < -0.3 is 0 Å². The van der Waals surface area contributed by atoms with E-state index in [1.165, 1.54) is 0 Å². The second-order valence-corrected chi connectivity index (χ2v) is 2.30. The van der Waals surface area contributed by atoms with Crippen molar-refractivity contribution in [3.05, 3.63) is 36.9 Å². The van der Waals surface area contributed by atoms with E-state index in [4.69, 9.17) is 0 Å². The molecule has 0 atom stereocenters. The fourth-order valence-corrected chi connectivity index (χ4v) is 0.775. The van der Waals surface area contributed by atoms with Gasteiger partial charge >= 0.3 is 0 Å². The largest absolute Gasteiger partial charge is 0.268 e. The van der Waals surface area contributed by atoms with Crippen molar-refractivity contribution in [1.29, 1.82) is 0 Å². The molecule has 0 saturated heterocycles. The van der Waals surface area contributed by atoms with E-state index in [9.17, 15) is 0 Å². The van der Waals surface area contributed by atoms with Gasteiger partial charge in [0.25, 0.3) is 11.9 Å². The summed E-state index contributed by atoms with van der Waals surface area (Å²) in [7, 11) is 0. The molecular formula is C8H6N6. The highest BCUT2D eigenvalue weighted by Crippen LogP contribution is 2.06. The number of nitrogens with zero attached hydrogens (tertiary/aromatic N) is 6. The van der Waals surface area contributed by atoms with Gasteiger partial charge in [0.1, 0.15) is 0 Å². The van der Waals surface area contributed by atoms with E-state index in [-0.39, 0.29) is 0 Å². The van der Waals surface area contributed by atoms with Crippen molar-refractivity contribution >= 4 is 11.9 Å². The fraction of sp³-hybridized carbons (Fsp3) is 0. The van der Waals surface area contributed by atoms with Crippen LogP contribution in [0.15, 0.2) is 47.1 Å². The molecule has 2 aromatic heterocycles. The molecule has 0 amide bonds. The van der Waals surface area contributed by atoms with Crippen LogP contribution in [-0.2, 0) is 0 Å². The van der Waals surface area contributed by atoms with E-state index in [2.05, 4.69) is 30.2 Å². The second kappa shape index (κ2) is 4.13. The number of hydrogen-bond acceptors (Lipinski definition) is 6. The highest BCUT2D eigenvalue weighted by Gasteiger charge is 1.91. The van der Waals surface area contributed by atoms with Crippen LogP contribution < -0.4 is 0 Å². The topological polar surface area (TPSA) is 76.3 Å². The first-order valence-electron chi connectivity index (χ1n) is 3.91. The first kappa shape index (κ1) is 8.36. The molecule has 68 valence electrons. The Kier molecular flexibility index (Phi) is 2.46. The average Bonchev–Trinajstić information content (AvgIpc) is 2.29. The lowest BCUT2D eigenvalue weighted by molar-refractivity contribution is 1.01. The standard InChI is InChI=1S/C8H6N6/c1-3-9-7(10-4-1)13-14-8-11-5-2-6-12-8/h1-6H. The van der Waals surface area contributed by atoms with Crippen LogP contribution in [0.4, 0.5) is 11.9 Å². The number of hydrogen-bond donors (Lipinski definition) is 0. The second-order valence-electron chi connectivity index (χ2n) is 2.30. The van der Waals surface area contributed by atoms with Gasteiger partial charge in [-0.15, -0.1) is 10.2 Å². The predicted octanol–water partition coefficient (Wildman–Crippen LogP) is 1.68. The molecule has 0 fully saturated rings. The van der Waals surface area contributed by atoms with Crippen molar-refractivity contribution in [2.24, 2.45) is 10.2 Å². The maximum Gasteiger partial charge on any atom is 0.268 e. The third-order valence-corrected chi connectivity index (χ3v) is 1.33. The third kappa shape index (κ3) is 2.13. The summed E-state index contributed by atoms with van der Waals surface area (Å²) in [4.78, 5) is 15.5. The third-order valence-electron chi connectivity index (χ3n) is 1.33. The number of rotatable bonds is 2. The highest BCUT2D eigenvalue weighted by molar-refractivity contribution is 5.15. The van der Waals surface area contributed by atoms with E-state index in [0.717, 1.165) is 0 Å². The van der Waals surface area contributed by atoms with E-state index in [0.29, 0.717) is 11.9 Å². The molecule has 0 aliphatic heterocycles. The quantitative estimate of drug-likeness (QED) is 0.668. The minimum atomic E-state index is 0.292. The fourth-order valence-electron chi connectivity index (χ4n) is 0.775. The van der Waals surface area contributed by atoms with E-state index in [1.807, 2.05) is 0 Å². The van der Waals surface area contributed by atoms with Crippen molar-refractivity contribution in [2.75, 3.05) is 0 Å². The first-order chi connectivity index (χ1) is 6.95. The van der Waals surface area contributed by atoms with Gasteiger partial charge in [0.05, 0.1) is 0 Å². The van der Waals surface area contributed by atoms with Crippen molar-refractivity contribution in [3.63, 3.8) is 0 Å². The Morgan fingerprint density at radius 3 is 1.36 bits per heavy atom. The molecule has 6 heteroatoms. The van der Waals surface area contributed by atoms with Crippen LogP contribution in [0.25, 0.3) is 0 Å². The Morgan fingerprint density at radius 1 is 0.643 bits per heavy atom. The molecule has 0 spiro atoms. The maximum absolute atomic E-state index is 3.87. The zero-order valence-electron chi connectivity index (χ0n) is 7.15. The molecule has 0 unspecified atom stereocenters. The SMILES string of the molecule is c1cnc(N=Nc2ncccn2)nc1. The Morgan fingerprint density at radius 2 is 1.00 bits per heavy atom. The Labute approximate surface area is 79.8 Å². The van der Waals surface area contributed by atoms with Gasteiger partial charge in [-0.1, -0.05) is 0 Å². The lowest BCUT2D eigenvalue weighted by atomic mass is 10.7. The number of aromatic nitrogens is 4. The van der Waals surface area contributed by atoms with Gasteiger partial charge in [0, 0.05) is 24.8 Å². The molecule has 0 aromatic carbocycles. The van der Waals surface area contributed by atoms with E-state index in [1.54, 1.807) is 36.9 Å². The van der Waals surface area contributed by atoms with Crippen LogP contribution >= 0.6 is 0 Å². The van der Waals surface area contributed by atoms with Gasteiger partial charge in [0.2, 0.25) is 0 Å². The summed E-state index contributed by atoms with van der Waals surface area (Å²) in [6, 6.07) is 3.41. The van der Waals surface area contributed by atoms with Crippen LogP contribution in [0.5, 0.6) is 0 Å². The summed E-state index contributed by atoms with van der Waals surface area (Å²) in [5.41, 5.74) is 0. The van der Waals surface area contributed by atoms with Gasteiger partial charge in [-0.25, -0.2) is 19.9 Å². The molecule has 0 aliphatic carbocycles. The zero-order chi connectivity index (χ0) is 9.64. The molecule has 0 N–H and O–H groups in total. The monoisotopic (exact) mass is 186 g/mol. The van der Waals surface area contributed by atoms with Gasteiger partial charge in [0.15, 0.2) is 0 Å². The van der Waals surface area contributed by atoms with Gasteiger partial charge in [-0.2, -0.15) is 0 Å². The Bertz CT molecular complexity index is 371. The summed E-state index contributed by atoms with van der Waals surface area (Å²) < 4.78 is 0.